The van der Waals surface area contributed by atoms with Gasteiger partial charge in [-0.25, -0.2) is 0 Å². The van der Waals surface area contributed by atoms with E-state index >= 15 is 0 Å². The lowest BCUT2D eigenvalue weighted by Crippen LogP contribution is -2.15. The molecule has 8 heteroatoms. The topological polar surface area (TPSA) is 67.7 Å². The molecule has 2 rings (SSSR count). The van der Waals surface area contributed by atoms with Gasteiger partial charge < -0.3 is 19.1 Å². The molecule has 0 aliphatic rings. The van der Waals surface area contributed by atoms with Crippen molar-refractivity contribution >= 4 is 29.0 Å². The molecular weight excluding hydrogens is 400 g/mol. The Hall–Kier alpha value is -1.97. The van der Waals surface area contributed by atoms with Crippen molar-refractivity contribution in [2.75, 3.05) is 65.2 Å². The number of anilines is 1. The summed E-state index contributed by atoms with van der Waals surface area (Å²) in [5.41, 5.74) is 2.79. The summed E-state index contributed by atoms with van der Waals surface area (Å²) in [6.45, 7) is 6.53. The van der Waals surface area contributed by atoms with Crippen molar-refractivity contribution in [3.8, 4) is 0 Å². The van der Waals surface area contributed by atoms with Crippen molar-refractivity contribution in [3.63, 3.8) is 0 Å². The van der Waals surface area contributed by atoms with Gasteiger partial charge in [0.1, 0.15) is 0 Å². The maximum atomic E-state index is 5.52. The first-order valence-corrected chi connectivity index (χ1v) is 10.9. The third-order valence-corrected chi connectivity index (χ3v) is 4.83. The lowest BCUT2D eigenvalue weighted by atomic mass is 10.3. The van der Waals surface area contributed by atoms with Crippen LogP contribution in [0.3, 0.4) is 0 Å². The van der Waals surface area contributed by atoms with E-state index in [9.17, 15) is 0 Å². The molecule has 0 atom stereocenters. The molecule has 0 unspecified atom stereocenters. The first-order valence-electron chi connectivity index (χ1n) is 10.1. The Bertz CT molecular complexity index is 724. The van der Waals surface area contributed by atoms with Gasteiger partial charge in [0, 0.05) is 37.8 Å². The summed E-state index contributed by atoms with van der Waals surface area (Å²) < 4.78 is 19.4. The van der Waals surface area contributed by atoms with E-state index < -0.39 is 0 Å². The van der Waals surface area contributed by atoms with Gasteiger partial charge in [0.25, 0.3) is 0 Å². The van der Waals surface area contributed by atoms with Crippen molar-refractivity contribution in [2.45, 2.75) is 11.8 Å². The Morgan fingerprint density at radius 3 is 1.87 bits per heavy atom. The van der Waals surface area contributed by atoms with E-state index in [1.807, 2.05) is 69.6 Å². The predicted molar refractivity (Wildman–Crippen MR) is 123 cm³/mol. The Morgan fingerprint density at radius 1 is 0.767 bits per heavy atom. The second-order valence-corrected chi connectivity index (χ2v) is 7.49. The maximum absolute atomic E-state index is 5.52. The van der Waals surface area contributed by atoms with Crippen LogP contribution in [0.1, 0.15) is 6.92 Å². The SMILES string of the molecule is CCOCCOCCOCCNSc1ccc(N=Nc2ccc(N(C)C)cc2)cc1. The quantitative estimate of drug-likeness (QED) is 0.247. The van der Waals surface area contributed by atoms with Gasteiger partial charge in [0.15, 0.2) is 0 Å². The largest absolute Gasteiger partial charge is 0.379 e. The van der Waals surface area contributed by atoms with Crippen LogP contribution in [0.15, 0.2) is 63.7 Å². The zero-order chi connectivity index (χ0) is 21.4. The van der Waals surface area contributed by atoms with E-state index in [1.54, 1.807) is 11.9 Å². The summed E-state index contributed by atoms with van der Waals surface area (Å²) in [6.07, 6.45) is 0. The van der Waals surface area contributed by atoms with Crippen molar-refractivity contribution in [1.82, 2.24) is 4.72 Å². The van der Waals surface area contributed by atoms with E-state index in [0.717, 1.165) is 35.1 Å². The van der Waals surface area contributed by atoms with Crippen molar-refractivity contribution < 1.29 is 14.2 Å². The standard InChI is InChI=1S/C22H32N4O3S/c1-4-27-15-16-29-18-17-28-14-13-23-30-22-11-7-20(8-12-22)25-24-19-5-9-21(10-6-19)26(2)3/h5-12,23H,4,13-18H2,1-3H3. The number of benzene rings is 2. The van der Waals surface area contributed by atoms with Gasteiger partial charge in [-0.2, -0.15) is 10.2 Å². The highest BCUT2D eigenvalue weighted by Crippen LogP contribution is 2.23. The molecule has 7 nitrogen and oxygen atoms in total. The van der Waals surface area contributed by atoms with Crippen LogP contribution in [0.4, 0.5) is 17.1 Å². The Kier molecular flexibility index (Phi) is 12.1. The summed E-state index contributed by atoms with van der Waals surface area (Å²) >= 11 is 1.57. The molecule has 0 saturated carbocycles. The van der Waals surface area contributed by atoms with Crippen LogP contribution in [-0.2, 0) is 14.2 Å². The van der Waals surface area contributed by atoms with Crippen LogP contribution in [0.2, 0.25) is 0 Å². The second-order valence-electron chi connectivity index (χ2n) is 6.52. The van der Waals surface area contributed by atoms with Gasteiger partial charge in [-0.15, -0.1) is 0 Å². The zero-order valence-electron chi connectivity index (χ0n) is 18.0. The van der Waals surface area contributed by atoms with Crippen LogP contribution in [0, 0.1) is 0 Å². The minimum atomic E-state index is 0.593. The predicted octanol–water partition coefficient (Wildman–Crippen LogP) is 4.83. The van der Waals surface area contributed by atoms with Crippen molar-refractivity contribution in [3.05, 3.63) is 48.5 Å². The van der Waals surface area contributed by atoms with Gasteiger partial charge in [0.05, 0.1) is 44.4 Å². The van der Waals surface area contributed by atoms with Crippen LogP contribution in [-0.4, -0.2) is 60.3 Å². The highest BCUT2D eigenvalue weighted by Gasteiger charge is 1.97. The summed E-state index contributed by atoms with van der Waals surface area (Å²) in [5.74, 6) is 0. The summed E-state index contributed by atoms with van der Waals surface area (Å²) in [5, 5.41) is 8.58. The molecule has 0 saturated heterocycles. The molecule has 0 spiro atoms. The molecule has 0 aliphatic carbocycles. The molecule has 0 aliphatic heterocycles. The van der Waals surface area contributed by atoms with Crippen LogP contribution in [0.25, 0.3) is 0 Å². The highest BCUT2D eigenvalue weighted by molar-refractivity contribution is 7.97. The molecule has 1 N–H and O–H groups in total. The lowest BCUT2D eigenvalue weighted by molar-refractivity contribution is 0.0182. The van der Waals surface area contributed by atoms with Crippen LogP contribution < -0.4 is 9.62 Å². The average Bonchev–Trinajstić information content (AvgIpc) is 2.77. The maximum Gasteiger partial charge on any atom is 0.0858 e. The molecule has 0 fully saturated rings. The van der Waals surface area contributed by atoms with Gasteiger partial charge >= 0.3 is 0 Å². The molecule has 0 radical (unpaired) electrons. The number of rotatable bonds is 15. The van der Waals surface area contributed by atoms with Crippen molar-refractivity contribution in [1.29, 1.82) is 0 Å². The molecule has 2 aromatic rings. The molecule has 0 heterocycles. The third-order valence-electron chi connectivity index (χ3n) is 3.97. The number of nitrogens with zero attached hydrogens (tertiary/aromatic N) is 3. The normalized spacial score (nSPS) is 11.3. The Morgan fingerprint density at radius 2 is 1.30 bits per heavy atom. The molecule has 0 amide bonds. The van der Waals surface area contributed by atoms with Gasteiger partial charge in [-0.1, -0.05) is 0 Å². The molecule has 2 aromatic carbocycles. The van der Waals surface area contributed by atoms with Gasteiger partial charge in [-0.05, 0) is 67.4 Å². The van der Waals surface area contributed by atoms with E-state index in [1.165, 1.54) is 0 Å². The monoisotopic (exact) mass is 432 g/mol. The van der Waals surface area contributed by atoms with Crippen molar-refractivity contribution in [2.24, 2.45) is 10.2 Å². The molecule has 0 aromatic heterocycles. The number of ether oxygens (including phenoxy) is 3. The molecular formula is C22H32N4O3S. The number of azo groups is 1. The van der Waals surface area contributed by atoms with E-state index in [0.29, 0.717) is 33.0 Å². The highest BCUT2D eigenvalue weighted by atomic mass is 32.2. The zero-order valence-corrected chi connectivity index (χ0v) is 18.9. The Balaban J connectivity index is 1.58. The molecule has 0 bridgehead atoms. The fourth-order valence-electron chi connectivity index (χ4n) is 2.35. The first-order chi connectivity index (χ1) is 14.7. The number of hydrogen-bond donors (Lipinski definition) is 1. The number of nitrogens with one attached hydrogen (secondary N) is 1. The van der Waals surface area contributed by atoms with E-state index in [4.69, 9.17) is 14.2 Å². The van der Waals surface area contributed by atoms with E-state index in [2.05, 4.69) is 19.9 Å². The Labute approximate surface area is 183 Å². The number of hydrogen-bond acceptors (Lipinski definition) is 8. The summed E-state index contributed by atoms with van der Waals surface area (Å²) in [4.78, 5) is 3.17. The summed E-state index contributed by atoms with van der Waals surface area (Å²) in [6, 6.07) is 15.9. The fraction of sp³-hybridized carbons (Fsp3) is 0.455. The van der Waals surface area contributed by atoms with Crippen LogP contribution >= 0.6 is 11.9 Å². The smallest absolute Gasteiger partial charge is 0.0858 e. The minimum Gasteiger partial charge on any atom is -0.379 e. The summed E-state index contributed by atoms with van der Waals surface area (Å²) in [7, 11) is 4.03. The van der Waals surface area contributed by atoms with Gasteiger partial charge in [0.2, 0.25) is 0 Å². The van der Waals surface area contributed by atoms with Gasteiger partial charge in [-0.3, -0.25) is 4.72 Å². The van der Waals surface area contributed by atoms with Crippen LogP contribution in [0.5, 0.6) is 0 Å². The molecule has 30 heavy (non-hydrogen) atoms. The van der Waals surface area contributed by atoms with E-state index in [-0.39, 0.29) is 0 Å². The fourth-order valence-corrected chi connectivity index (χ4v) is 2.97. The average molecular weight is 433 g/mol. The molecule has 164 valence electrons. The lowest BCUT2D eigenvalue weighted by Gasteiger charge is -2.11. The second kappa shape index (κ2) is 14.9. The first kappa shape index (κ1) is 24.3. The minimum absolute atomic E-state index is 0.593. The third kappa shape index (κ3) is 10.2.